The van der Waals surface area contributed by atoms with Crippen molar-refractivity contribution >= 4 is 0 Å². The van der Waals surface area contributed by atoms with Gasteiger partial charge >= 0.3 is 0 Å². The van der Waals surface area contributed by atoms with Gasteiger partial charge < -0.3 is 5.32 Å². The molecular weight excluding hydrogens is 232 g/mol. The monoisotopic (exact) mass is 264 g/mol. The molecule has 3 aliphatic rings. The molecule has 0 bridgehead atoms. The highest BCUT2D eigenvalue weighted by molar-refractivity contribution is 5.06. The number of hydrogen-bond donors (Lipinski definition) is 1. The first-order chi connectivity index (χ1) is 9.11. The van der Waals surface area contributed by atoms with Gasteiger partial charge in [-0.05, 0) is 56.8 Å². The Labute approximate surface area is 119 Å². The molecule has 2 aliphatic carbocycles. The van der Waals surface area contributed by atoms with Gasteiger partial charge in [-0.2, -0.15) is 0 Å². The maximum atomic E-state index is 3.88. The smallest absolute Gasteiger partial charge is 0.0309 e. The second kappa shape index (κ2) is 5.04. The molecule has 0 aromatic rings. The Bertz CT molecular complexity index is 319. The van der Waals surface area contributed by atoms with Crippen molar-refractivity contribution in [1.82, 2.24) is 10.2 Å². The lowest BCUT2D eigenvalue weighted by atomic mass is 9.88. The topological polar surface area (TPSA) is 15.3 Å². The number of piperazine rings is 1. The van der Waals surface area contributed by atoms with Crippen molar-refractivity contribution < 1.29 is 0 Å². The lowest BCUT2D eigenvalue weighted by Crippen LogP contribution is -2.64. The molecule has 19 heavy (non-hydrogen) atoms. The largest absolute Gasteiger partial charge is 0.308 e. The Kier molecular flexibility index (Phi) is 3.68. The van der Waals surface area contributed by atoms with Crippen LogP contribution >= 0.6 is 0 Å². The SMILES string of the molecule is CCCC1(CN2CC(C)(C3CC3)NCC2CC)CC1. The summed E-state index contributed by atoms with van der Waals surface area (Å²) in [7, 11) is 0. The Morgan fingerprint density at radius 2 is 1.95 bits per heavy atom. The van der Waals surface area contributed by atoms with Crippen LogP contribution in [0.3, 0.4) is 0 Å². The van der Waals surface area contributed by atoms with Crippen molar-refractivity contribution in [1.29, 1.82) is 0 Å². The van der Waals surface area contributed by atoms with Crippen molar-refractivity contribution in [3.05, 3.63) is 0 Å². The number of rotatable bonds is 6. The van der Waals surface area contributed by atoms with Crippen molar-refractivity contribution in [2.75, 3.05) is 19.6 Å². The number of nitrogens with one attached hydrogen (secondary N) is 1. The average molecular weight is 264 g/mol. The van der Waals surface area contributed by atoms with Gasteiger partial charge in [-0.3, -0.25) is 4.90 Å². The van der Waals surface area contributed by atoms with E-state index >= 15 is 0 Å². The standard InChI is InChI=1S/C17H32N2/c1-4-8-17(9-10-17)13-19-12-16(3,14-6-7-14)18-11-15(19)5-2/h14-15,18H,4-13H2,1-3H3. The molecule has 1 saturated heterocycles. The summed E-state index contributed by atoms with van der Waals surface area (Å²) in [5, 5.41) is 3.88. The fourth-order valence-electron chi connectivity index (χ4n) is 4.29. The molecule has 0 spiro atoms. The predicted octanol–water partition coefficient (Wildman–Crippen LogP) is 3.42. The van der Waals surface area contributed by atoms with Crippen molar-refractivity contribution in [2.24, 2.45) is 11.3 Å². The Morgan fingerprint density at radius 1 is 1.21 bits per heavy atom. The van der Waals surface area contributed by atoms with E-state index < -0.39 is 0 Å². The van der Waals surface area contributed by atoms with Gasteiger partial charge in [0.1, 0.15) is 0 Å². The van der Waals surface area contributed by atoms with Crippen LogP contribution in [0.15, 0.2) is 0 Å². The van der Waals surface area contributed by atoms with Crippen LogP contribution in [0.5, 0.6) is 0 Å². The molecule has 2 nitrogen and oxygen atoms in total. The highest BCUT2D eigenvalue weighted by Gasteiger charge is 2.49. The van der Waals surface area contributed by atoms with Crippen LogP contribution in [0.1, 0.15) is 65.7 Å². The maximum absolute atomic E-state index is 3.88. The van der Waals surface area contributed by atoms with Crippen molar-refractivity contribution in [2.45, 2.75) is 77.3 Å². The Morgan fingerprint density at radius 3 is 2.47 bits per heavy atom. The molecule has 110 valence electrons. The third kappa shape index (κ3) is 2.85. The van der Waals surface area contributed by atoms with E-state index in [-0.39, 0.29) is 0 Å². The predicted molar refractivity (Wildman–Crippen MR) is 81.4 cm³/mol. The van der Waals surface area contributed by atoms with Gasteiger partial charge in [0.2, 0.25) is 0 Å². The molecule has 2 saturated carbocycles. The Hall–Kier alpha value is -0.0800. The molecule has 0 radical (unpaired) electrons. The normalized spacial score (nSPS) is 38.4. The van der Waals surface area contributed by atoms with E-state index in [4.69, 9.17) is 0 Å². The average Bonchev–Trinajstić information content (AvgIpc) is 3.24. The van der Waals surface area contributed by atoms with Gasteiger partial charge in [-0.1, -0.05) is 20.3 Å². The van der Waals surface area contributed by atoms with E-state index in [0.29, 0.717) is 11.0 Å². The zero-order valence-electron chi connectivity index (χ0n) is 13.2. The minimum absolute atomic E-state index is 0.411. The molecule has 0 amide bonds. The zero-order valence-corrected chi connectivity index (χ0v) is 13.2. The van der Waals surface area contributed by atoms with Gasteiger partial charge in [-0.25, -0.2) is 0 Å². The first-order valence-electron chi connectivity index (χ1n) is 8.60. The fourth-order valence-corrected chi connectivity index (χ4v) is 4.29. The van der Waals surface area contributed by atoms with Crippen LogP contribution in [-0.2, 0) is 0 Å². The second-order valence-corrected chi connectivity index (χ2v) is 7.79. The van der Waals surface area contributed by atoms with E-state index in [0.717, 1.165) is 12.0 Å². The van der Waals surface area contributed by atoms with Crippen LogP contribution in [0.2, 0.25) is 0 Å². The summed E-state index contributed by atoms with van der Waals surface area (Å²) in [5.41, 5.74) is 1.12. The molecule has 3 rings (SSSR count). The van der Waals surface area contributed by atoms with E-state index in [2.05, 4.69) is 31.0 Å². The summed E-state index contributed by atoms with van der Waals surface area (Å²) < 4.78 is 0. The minimum Gasteiger partial charge on any atom is -0.308 e. The highest BCUT2D eigenvalue weighted by Crippen LogP contribution is 2.51. The summed E-state index contributed by atoms with van der Waals surface area (Å²) >= 11 is 0. The lowest BCUT2D eigenvalue weighted by Gasteiger charge is -2.48. The van der Waals surface area contributed by atoms with Crippen LogP contribution in [0.25, 0.3) is 0 Å². The van der Waals surface area contributed by atoms with Gasteiger partial charge in [0, 0.05) is 31.2 Å². The van der Waals surface area contributed by atoms with Crippen LogP contribution in [0, 0.1) is 11.3 Å². The Balaban J connectivity index is 1.65. The summed E-state index contributed by atoms with van der Waals surface area (Å²) in [6, 6.07) is 0.779. The molecule has 2 atom stereocenters. The minimum atomic E-state index is 0.411. The quantitative estimate of drug-likeness (QED) is 0.791. The fraction of sp³-hybridized carbons (Fsp3) is 1.00. The van der Waals surface area contributed by atoms with Crippen LogP contribution in [-0.4, -0.2) is 36.1 Å². The second-order valence-electron chi connectivity index (χ2n) is 7.79. The zero-order chi connectivity index (χ0) is 13.5. The van der Waals surface area contributed by atoms with Crippen LogP contribution < -0.4 is 5.32 Å². The van der Waals surface area contributed by atoms with E-state index in [9.17, 15) is 0 Å². The van der Waals surface area contributed by atoms with Gasteiger partial charge in [0.15, 0.2) is 0 Å². The first-order valence-corrected chi connectivity index (χ1v) is 8.60. The molecule has 1 N–H and O–H groups in total. The van der Waals surface area contributed by atoms with E-state index in [1.54, 1.807) is 0 Å². The third-order valence-electron chi connectivity index (χ3n) is 6.02. The van der Waals surface area contributed by atoms with Gasteiger partial charge in [0.05, 0.1) is 0 Å². The molecule has 1 heterocycles. The molecular formula is C17H32N2. The van der Waals surface area contributed by atoms with Crippen molar-refractivity contribution in [3.63, 3.8) is 0 Å². The molecule has 2 heteroatoms. The van der Waals surface area contributed by atoms with E-state index in [1.165, 1.54) is 64.6 Å². The number of hydrogen-bond acceptors (Lipinski definition) is 2. The highest BCUT2D eigenvalue weighted by atomic mass is 15.3. The van der Waals surface area contributed by atoms with E-state index in [1.807, 2.05) is 0 Å². The van der Waals surface area contributed by atoms with Crippen LogP contribution in [0.4, 0.5) is 0 Å². The summed E-state index contributed by atoms with van der Waals surface area (Å²) in [6.45, 7) is 11.1. The maximum Gasteiger partial charge on any atom is 0.0309 e. The summed E-state index contributed by atoms with van der Waals surface area (Å²) in [6.07, 6.45) is 10.00. The summed E-state index contributed by atoms with van der Waals surface area (Å²) in [5.74, 6) is 0.953. The lowest BCUT2D eigenvalue weighted by molar-refractivity contribution is 0.0535. The summed E-state index contributed by atoms with van der Waals surface area (Å²) in [4.78, 5) is 2.86. The van der Waals surface area contributed by atoms with Gasteiger partial charge in [0.25, 0.3) is 0 Å². The van der Waals surface area contributed by atoms with Crippen molar-refractivity contribution in [3.8, 4) is 0 Å². The number of nitrogens with zero attached hydrogens (tertiary/aromatic N) is 1. The molecule has 3 fully saturated rings. The third-order valence-corrected chi connectivity index (χ3v) is 6.02. The molecule has 2 unspecified atom stereocenters. The molecule has 1 aliphatic heterocycles. The molecule has 0 aromatic carbocycles. The molecule has 0 aromatic heterocycles. The first kappa shape index (κ1) is 13.9. The van der Waals surface area contributed by atoms with Gasteiger partial charge in [-0.15, -0.1) is 0 Å².